The zero-order chi connectivity index (χ0) is 23.1. The van der Waals surface area contributed by atoms with E-state index in [0.29, 0.717) is 29.2 Å². The van der Waals surface area contributed by atoms with Crippen LogP contribution in [0.25, 0.3) is 10.8 Å². The van der Waals surface area contributed by atoms with E-state index in [1.165, 1.54) is 20.2 Å². The largest absolute Gasteiger partial charge is 0.497 e. The van der Waals surface area contributed by atoms with E-state index in [1.807, 2.05) is 43.3 Å². The number of hydrazone groups is 1. The lowest BCUT2D eigenvalue weighted by Gasteiger charge is -2.17. The van der Waals surface area contributed by atoms with Crippen molar-refractivity contribution in [3.63, 3.8) is 0 Å². The van der Waals surface area contributed by atoms with Crippen LogP contribution in [0.1, 0.15) is 25.8 Å². The van der Waals surface area contributed by atoms with Crippen LogP contribution in [0.2, 0.25) is 0 Å². The topological polar surface area (TPSA) is 86.2 Å². The van der Waals surface area contributed by atoms with Gasteiger partial charge in [0.25, 0.3) is 5.91 Å². The van der Waals surface area contributed by atoms with Crippen molar-refractivity contribution in [1.29, 1.82) is 0 Å². The zero-order valence-electron chi connectivity index (χ0n) is 17.9. The summed E-state index contributed by atoms with van der Waals surface area (Å²) >= 11 is 3.57. The van der Waals surface area contributed by atoms with Gasteiger partial charge >= 0.3 is 5.97 Å². The summed E-state index contributed by atoms with van der Waals surface area (Å²) in [6.07, 6.45) is 1.08. The highest BCUT2D eigenvalue weighted by Gasteiger charge is 2.20. The van der Waals surface area contributed by atoms with Gasteiger partial charge in [-0.2, -0.15) is 5.10 Å². The fraction of sp³-hybridized carbons (Fsp3) is 0.208. The third-order valence-electron chi connectivity index (χ3n) is 4.61. The van der Waals surface area contributed by atoms with Crippen LogP contribution in [0, 0.1) is 0 Å². The number of methoxy groups -OCH3 is 1. The van der Waals surface area contributed by atoms with Crippen LogP contribution in [0.15, 0.2) is 64.2 Å². The van der Waals surface area contributed by atoms with Gasteiger partial charge in [0.1, 0.15) is 17.2 Å². The predicted molar refractivity (Wildman–Crippen MR) is 126 cm³/mol. The number of nitrogens with one attached hydrogen (secondary N) is 1. The molecule has 0 aliphatic heterocycles. The molecule has 8 heteroatoms. The number of benzene rings is 3. The number of carbonyl (C=O) groups is 2. The normalized spacial score (nSPS) is 11.9. The van der Waals surface area contributed by atoms with Gasteiger partial charge in [-0.1, -0.05) is 37.3 Å². The Morgan fingerprint density at radius 3 is 2.59 bits per heavy atom. The number of halogens is 1. The van der Waals surface area contributed by atoms with Gasteiger partial charge in [0, 0.05) is 12.5 Å². The van der Waals surface area contributed by atoms with Crippen molar-refractivity contribution < 1.29 is 23.8 Å². The summed E-state index contributed by atoms with van der Waals surface area (Å²) in [4.78, 5) is 24.0. The molecule has 7 nitrogen and oxygen atoms in total. The lowest BCUT2D eigenvalue weighted by Crippen LogP contribution is -2.35. The second kappa shape index (κ2) is 10.8. The second-order valence-corrected chi connectivity index (χ2v) is 7.64. The first kappa shape index (κ1) is 23.3. The Hall–Kier alpha value is -3.39. The lowest BCUT2D eigenvalue weighted by molar-refractivity contribution is -0.132. The van der Waals surface area contributed by atoms with Crippen LogP contribution >= 0.6 is 15.9 Å². The van der Waals surface area contributed by atoms with Crippen molar-refractivity contribution >= 4 is 44.8 Å². The summed E-state index contributed by atoms with van der Waals surface area (Å²) in [5.41, 5.74) is 2.96. The molecule has 0 aromatic heterocycles. The zero-order valence-corrected chi connectivity index (χ0v) is 19.5. The Morgan fingerprint density at radius 2 is 1.88 bits per heavy atom. The standard InChI is InChI=1S/C24H23BrN2O5/c1-4-20(32-22-11-9-16-7-5-6-8-19(16)23(22)25)24(29)27-26-14-17-13-18(30-3)10-12-21(17)31-15(2)28/h5-14,20H,4H2,1-3H3,(H,27,29)/t20-/m0/s1. The van der Waals surface area contributed by atoms with Gasteiger partial charge in [0.05, 0.1) is 17.8 Å². The molecule has 0 saturated carbocycles. The van der Waals surface area contributed by atoms with E-state index < -0.39 is 18.0 Å². The van der Waals surface area contributed by atoms with Crippen molar-refractivity contribution in [2.45, 2.75) is 26.4 Å². The number of ether oxygens (including phenoxy) is 3. The Labute approximate surface area is 194 Å². The first-order valence-corrected chi connectivity index (χ1v) is 10.8. The molecule has 0 heterocycles. The molecule has 3 rings (SSSR count). The first-order chi connectivity index (χ1) is 15.4. The summed E-state index contributed by atoms with van der Waals surface area (Å²) in [7, 11) is 1.53. The minimum absolute atomic E-state index is 0.305. The minimum Gasteiger partial charge on any atom is -0.497 e. The van der Waals surface area contributed by atoms with Gasteiger partial charge < -0.3 is 14.2 Å². The number of hydrogen-bond acceptors (Lipinski definition) is 6. The Morgan fingerprint density at radius 1 is 1.12 bits per heavy atom. The summed E-state index contributed by atoms with van der Waals surface area (Å²) in [6, 6.07) is 16.6. The third-order valence-corrected chi connectivity index (χ3v) is 5.43. The molecule has 0 aliphatic rings. The maximum absolute atomic E-state index is 12.7. The van der Waals surface area contributed by atoms with E-state index >= 15 is 0 Å². The van der Waals surface area contributed by atoms with Crippen molar-refractivity contribution in [3.8, 4) is 17.2 Å². The van der Waals surface area contributed by atoms with Gasteiger partial charge in [-0.05, 0) is 57.4 Å². The number of nitrogens with zero attached hydrogens (tertiary/aromatic N) is 1. The summed E-state index contributed by atoms with van der Waals surface area (Å²) in [5.74, 6) is 0.568. The molecule has 0 unspecified atom stereocenters. The fourth-order valence-corrected chi connectivity index (χ4v) is 3.61. The monoisotopic (exact) mass is 498 g/mol. The Bertz CT molecular complexity index is 1160. The Balaban J connectivity index is 1.73. The van der Waals surface area contributed by atoms with Gasteiger partial charge in [0.2, 0.25) is 0 Å². The third kappa shape index (κ3) is 5.64. The molecule has 32 heavy (non-hydrogen) atoms. The van der Waals surface area contributed by atoms with Gasteiger partial charge in [-0.15, -0.1) is 0 Å². The highest BCUT2D eigenvalue weighted by Crippen LogP contribution is 2.34. The quantitative estimate of drug-likeness (QED) is 0.207. The first-order valence-electron chi connectivity index (χ1n) is 9.96. The van der Waals surface area contributed by atoms with Crippen molar-refractivity contribution in [2.75, 3.05) is 7.11 Å². The molecule has 0 bridgehead atoms. The molecule has 0 saturated heterocycles. The average molecular weight is 499 g/mol. The van der Waals surface area contributed by atoms with Crippen molar-refractivity contribution in [2.24, 2.45) is 5.10 Å². The number of fused-ring (bicyclic) bond motifs is 1. The molecule has 1 atom stereocenters. The smallest absolute Gasteiger partial charge is 0.308 e. The molecule has 1 amide bonds. The molecular formula is C24H23BrN2O5. The second-order valence-electron chi connectivity index (χ2n) is 6.85. The summed E-state index contributed by atoms with van der Waals surface area (Å²) < 4.78 is 17.1. The summed E-state index contributed by atoms with van der Waals surface area (Å²) in [6.45, 7) is 3.16. The number of rotatable bonds is 8. The van der Waals surface area contributed by atoms with Crippen LogP contribution in [0.5, 0.6) is 17.2 Å². The van der Waals surface area contributed by atoms with Crippen LogP contribution in [-0.4, -0.2) is 31.3 Å². The molecule has 166 valence electrons. The van der Waals surface area contributed by atoms with Gasteiger partial charge in [0.15, 0.2) is 6.10 Å². The van der Waals surface area contributed by atoms with Crippen LogP contribution in [0.3, 0.4) is 0 Å². The van der Waals surface area contributed by atoms with E-state index in [0.717, 1.165) is 15.2 Å². The lowest BCUT2D eigenvalue weighted by atomic mass is 10.1. The molecule has 0 spiro atoms. The highest BCUT2D eigenvalue weighted by molar-refractivity contribution is 9.10. The van der Waals surface area contributed by atoms with E-state index in [-0.39, 0.29) is 0 Å². The van der Waals surface area contributed by atoms with Crippen LogP contribution < -0.4 is 19.6 Å². The van der Waals surface area contributed by atoms with E-state index in [2.05, 4.69) is 26.5 Å². The maximum atomic E-state index is 12.7. The number of esters is 1. The van der Waals surface area contributed by atoms with Gasteiger partial charge in [-0.3, -0.25) is 9.59 Å². The van der Waals surface area contributed by atoms with E-state index in [4.69, 9.17) is 14.2 Å². The molecule has 3 aromatic rings. The molecule has 0 radical (unpaired) electrons. The fourth-order valence-electron chi connectivity index (χ4n) is 3.02. The highest BCUT2D eigenvalue weighted by atomic mass is 79.9. The average Bonchev–Trinajstić information content (AvgIpc) is 2.79. The Kier molecular flexibility index (Phi) is 7.83. The molecule has 3 aromatic carbocycles. The predicted octanol–water partition coefficient (Wildman–Crippen LogP) is 4.84. The molecule has 0 aliphatic carbocycles. The van der Waals surface area contributed by atoms with Crippen LogP contribution in [-0.2, 0) is 9.59 Å². The molecular weight excluding hydrogens is 476 g/mol. The number of hydrogen-bond donors (Lipinski definition) is 1. The summed E-state index contributed by atoms with van der Waals surface area (Å²) in [5, 5.41) is 6.06. The number of amides is 1. The molecule has 1 N–H and O–H groups in total. The SMILES string of the molecule is CC[C@H](Oc1ccc2ccccc2c1Br)C(=O)NN=Cc1cc(OC)ccc1OC(C)=O. The van der Waals surface area contributed by atoms with E-state index in [9.17, 15) is 9.59 Å². The van der Waals surface area contributed by atoms with Gasteiger partial charge in [-0.25, -0.2) is 5.43 Å². The van der Waals surface area contributed by atoms with Crippen molar-refractivity contribution in [3.05, 3.63) is 64.6 Å². The van der Waals surface area contributed by atoms with Crippen molar-refractivity contribution in [1.82, 2.24) is 5.43 Å². The van der Waals surface area contributed by atoms with E-state index in [1.54, 1.807) is 18.2 Å². The molecule has 0 fully saturated rings. The minimum atomic E-state index is -0.747. The van der Waals surface area contributed by atoms with Crippen LogP contribution in [0.4, 0.5) is 0 Å². The maximum Gasteiger partial charge on any atom is 0.308 e. The number of carbonyl (C=O) groups excluding carboxylic acids is 2.